The van der Waals surface area contributed by atoms with Gasteiger partial charge in [-0.1, -0.05) is 133 Å². The molecule has 2 heterocycles. The molecule has 0 amide bonds. The number of benzene rings is 10. The fourth-order valence-electron chi connectivity index (χ4n) is 11.4. The van der Waals surface area contributed by atoms with Crippen molar-refractivity contribution in [1.29, 1.82) is 0 Å². The number of hydrogen-bond acceptors (Lipinski definition) is 2. The highest BCUT2D eigenvalue weighted by Gasteiger charge is 2.31. The molecule has 0 N–H and O–H groups in total. The summed E-state index contributed by atoms with van der Waals surface area (Å²) in [6, 6.07) is 56.2. The van der Waals surface area contributed by atoms with E-state index in [4.69, 9.17) is 0 Å². The van der Waals surface area contributed by atoms with Crippen LogP contribution in [-0.2, 0) is 0 Å². The summed E-state index contributed by atoms with van der Waals surface area (Å²) in [5.41, 5.74) is 18.9. The van der Waals surface area contributed by atoms with E-state index in [-0.39, 0.29) is 0 Å². The highest BCUT2D eigenvalue weighted by molar-refractivity contribution is 7.20. The standard InChI is InChI=1S/C58H36S2/c1-29-31(3)59-57-35(29)15-9-21-45(57)53-41-25-23-38-37(47(41)27-49-39-17-5-11-33-13-7-19-43(51(33)39)55(49)53)24-26-42-48(38)28-50-40-18-6-12-34-14-8-20-44(52(34)40)56(50)54(42)46-22-10-16-36-30(2)32(4)60-58(36)46/h5-28H,1-4H3. The van der Waals surface area contributed by atoms with Crippen molar-refractivity contribution < 1.29 is 0 Å². The van der Waals surface area contributed by atoms with Gasteiger partial charge in [-0.2, -0.15) is 0 Å². The molecule has 0 radical (unpaired) electrons. The minimum absolute atomic E-state index is 1.30. The minimum atomic E-state index is 1.30. The molecule has 60 heavy (non-hydrogen) atoms. The second-order valence-electron chi connectivity index (χ2n) is 17.1. The third kappa shape index (κ3) is 4.06. The maximum Gasteiger partial charge on any atom is 0.0427 e. The predicted octanol–water partition coefficient (Wildman–Crippen LogP) is 17.7. The van der Waals surface area contributed by atoms with Crippen LogP contribution in [0.4, 0.5) is 0 Å². The van der Waals surface area contributed by atoms with Gasteiger partial charge in [-0.25, -0.2) is 0 Å². The Morgan fingerprint density at radius 1 is 0.283 bits per heavy atom. The zero-order valence-corrected chi connectivity index (χ0v) is 35.3. The van der Waals surface area contributed by atoms with Crippen LogP contribution in [0.1, 0.15) is 20.9 Å². The topological polar surface area (TPSA) is 0 Å². The molecule has 0 atom stereocenters. The normalized spacial score (nSPS) is 12.7. The van der Waals surface area contributed by atoms with Crippen LogP contribution in [0.2, 0.25) is 0 Å². The molecule has 0 bridgehead atoms. The summed E-state index contributed by atoms with van der Waals surface area (Å²) in [7, 11) is 0. The third-order valence-corrected chi connectivity index (χ3v) is 16.8. The Kier molecular flexibility index (Phi) is 6.42. The summed E-state index contributed by atoms with van der Waals surface area (Å²) in [4.78, 5) is 2.78. The molecule has 0 saturated carbocycles. The zero-order chi connectivity index (χ0) is 39.7. The SMILES string of the molecule is Cc1sc2c(-c3c4c(cc5c3ccc3c6cc7c(c(-c8cccc9c(C)c(C)sc89)c6ccc53)-c3cccc5cccc-7c35)-c3cccc5cccc-4c35)cccc2c1C. The maximum absolute atomic E-state index is 2.53. The van der Waals surface area contributed by atoms with Crippen LogP contribution in [0.25, 0.3) is 141 Å². The van der Waals surface area contributed by atoms with Crippen molar-refractivity contribution >= 4 is 96.7 Å². The number of fused-ring (bicyclic) bond motifs is 13. The number of hydrogen-bond donors (Lipinski definition) is 0. The van der Waals surface area contributed by atoms with Gasteiger partial charge in [-0.05, 0) is 171 Å². The summed E-state index contributed by atoms with van der Waals surface area (Å²) < 4.78 is 2.76. The largest absolute Gasteiger partial charge is 0.140 e. The van der Waals surface area contributed by atoms with Gasteiger partial charge in [0.1, 0.15) is 0 Å². The number of thiophene rings is 2. The van der Waals surface area contributed by atoms with E-state index in [0.29, 0.717) is 0 Å². The summed E-state index contributed by atoms with van der Waals surface area (Å²) in [6.07, 6.45) is 0. The fraction of sp³-hybridized carbons (Fsp3) is 0.0690. The lowest BCUT2D eigenvalue weighted by atomic mass is 9.83. The molecule has 0 fully saturated rings. The summed E-state index contributed by atoms with van der Waals surface area (Å²) in [5, 5.41) is 15.9. The van der Waals surface area contributed by atoms with Crippen LogP contribution in [0.15, 0.2) is 146 Å². The average molecular weight is 797 g/mol. The van der Waals surface area contributed by atoms with Gasteiger partial charge in [0.05, 0.1) is 0 Å². The second-order valence-corrected chi connectivity index (χ2v) is 19.6. The fourth-order valence-corrected chi connectivity index (χ4v) is 13.7. The van der Waals surface area contributed by atoms with E-state index < -0.39 is 0 Å². The molecule has 12 aromatic rings. The van der Waals surface area contributed by atoms with Crippen LogP contribution in [-0.4, -0.2) is 0 Å². The van der Waals surface area contributed by atoms with Crippen molar-refractivity contribution in [2.45, 2.75) is 27.7 Å². The smallest absolute Gasteiger partial charge is 0.0427 e. The number of rotatable bonds is 2. The minimum Gasteiger partial charge on any atom is -0.140 e. The van der Waals surface area contributed by atoms with Crippen molar-refractivity contribution in [1.82, 2.24) is 0 Å². The van der Waals surface area contributed by atoms with Gasteiger partial charge in [0.2, 0.25) is 0 Å². The molecule has 2 heteroatoms. The van der Waals surface area contributed by atoms with Crippen LogP contribution in [0, 0.1) is 27.7 Å². The van der Waals surface area contributed by atoms with Gasteiger partial charge in [0.15, 0.2) is 0 Å². The molecule has 0 aliphatic heterocycles. The first kappa shape index (κ1) is 33.3. The van der Waals surface area contributed by atoms with Gasteiger partial charge in [-0.3, -0.25) is 0 Å². The Bertz CT molecular complexity index is 3710. The Hall–Kier alpha value is -6.58. The molecule has 0 unspecified atom stereocenters. The molecule has 0 saturated heterocycles. The van der Waals surface area contributed by atoms with E-state index in [1.54, 1.807) is 0 Å². The van der Waals surface area contributed by atoms with Crippen LogP contribution >= 0.6 is 22.7 Å². The summed E-state index contributed by atoms with van der Waals surface area (Å²) in [6.45, 7) is 9.12. The van der Waals surface area contributed by atoms with Crippen LogP contribution in [0.5, 0.6) is 0 Å². The molecule has 0 spiro atoms. The van der Waals surface area contributed by atoms with Crippen LogP contribution in [0.3, 0.4) is 0 Å². The van der Waals surface area contributed by atoms with Gasteiger partial charge in [0.25, 0.3) is 0 Å². The monoisotopic (exact) mass is 796 g/mol. The van der Waals surface area contributed by atoms with Crippen molar-refractivity contribution in [3.05, 3.63) is 166 Å². The Morgan fingerprint density at radius 2 is 0.650 bits per heavy atom. The van der Waals surface area contributed by atoms with Gasteiger partial charge < -0.3 is 0 Å². The first-order valence-electron chi connectivity index (χ1n) is 21.0. The van der Waals surface area contributed by atoms with Crippen molar-refractivity contribution in [3.63, 3.8) is 0 Å². The summed E-state index contributed by atoms with van der Waals surface area (Å²) >= 11 is 3.89. The second kappa shape index (κ2) is 11.6. The lowest BCUT2D eigenvalue weighted by molar-refractivity contribution is 1.47. The molecule has 0 nitrogen and oxygen atoms in total. The molecular formula is C58H36S2. The van der Waals surface area contributed by atoms with E-state index in [0.717, 1.165) is 0 Å². The highest BCUT2D eigenvalue weighted by atomic mass is 32.1. The van der Waals surface area contributed by atoms with E-state index >= 15 is 0 Å². The van der Waals surface area contributed by atoms with Gasteiger partial charge in [-0.15, -0.1) is 22.7 Å². The molecule has 10 aromatic carbocycles. The Labute approximate surface area is 355 Å². The zero-order valence-electron chi connectivity index (χ0n) is 33.7. The Balaban J connectivity index is 1.15. The molecular weight excluding hydrogens is 761 g/mol. The predicted molar refractivity (Wildman–Crippen MR) is 263 cm³/mol. The van der Waals surface area contributed by atoms with Gasteiger partial charge >= 0.3 is 0 Å². The van der Waals surface area contributed by atoms with Crippen LogP contribution < -0.4 is 0 Å². The first-order chi connectivity index (χ1) is 29.4. The molecule has 14 rings (SSSR count). The third-order valence-electron chi connectivity index (χ3n) is 14.3. The first-order valence-corrected chi connectivity index (χ1v) is 22.6. The molecule has 2 aliphatic carbocycles. The van der Waals surface area contributed by atoms with E-state index in [9.17, 15) is 0 Å². The van der Waals surface area contributed by atoms with E-state index in [2.05, 4.69) is 173 Å². The van der Waals surface area contributed by atoms with E-state index in [1.165, 1.54) is 162 Å². The molecule has 280 valence electrons. The Morgan fingerprint density at radius 3 is 1.08 bits per heavy atom. The highest BCUT2D eigenvalue weighted by Crippen LogP contribution is 2.58. The quantitative estimate of drug-likeness (QED) is 0.153. The van der Waals surface area contributed by atoms with Gasteiger partial charge in [0, 0.05) is 30.3 Å². The lowest BCUT2D eigenvalue weighted by Crippen LogP contribution is -1.92. The average Bonchev–Trinajstić information content (AvgIpc) is 3.97. The molecule has 2 aromatic heterocycles. The lowest BCUT2D eigenvalue weighted by Gasteiger charge is -2.20. The maximum atomic E-state index is 2.53. The summed E-state index contributed by atoms with van der Waals surface area (Å²) in [5.74, 6) is 0. The van der Waals surface area contributed by atoms with Crippen molar-refractivity contribution in [3.8, 4) is 66.8 Å². The number of aryl methyl sites for hydroxylation is 4. The van der Waals surface area contributed by atoms with E-state index in [1.807, 2.05) is 22.7 Å². The van der Waals surface area contributed by atoms with Crippen molar-refractivity contribution in [2.24, 2.45) is 0 Å². The molecule has 2 aliphatic rings. The van der Waals surface area contributed by atoms with Crippen molar-refractivity contribution in [2.75, 3.05) is 0 Å².